The van der Waals surface area contributed by atoms with Gasteiger partial charge in [0.15, 0.2) is 6.23 Å². The molecule has 1 N–H and O–H groups in total. The van der Waals surface area contributed by atoms with Gasteiger partial charge in [-0.3, -0.25) is 4.90 Å². The van der Waals surface area contributed by atoms with Gasteiger partial charge in [-0.2, -0.15) is 0 Å². The lowest BCUT2D eigenvalue weighted by Gasteiger charge is -2.31. The highest BCUT2D eigenvalue weighted by Crippen LogP contribution is 2.15. The summed E-state index contributed by atoms with van der Waals surface area (Å²) in [6, 6.07) is 0. The summed E-state index contributed by atoms with van der Waals surface area (Å²) in [5, 5.41) is 11.3. The molecule has 1 fully saturated rings. The number of piperidine rings is 1. The molecule has 0 saturated carbocycles. The Morgan fingerprint density at radius 2 is 2.35 bits per heavy atom. The number of likely N-dealkylation sites (tertiary alicyclic amines) is 1. The highest BCUT2D eigenvalue weighted by atomic mass is 16.9. The van der Waals surface area contributed by atoms with Crippen molar-refractivity contribution in [1.82, 2.24) is 10.2 Å². The SMILES string of the molecule is CN1CCCCC1OC(=O)NCCO[N+](=O)[O-]. The van der Waals surface area contributed by atoms with Crippen molar-refractivity contribution >= 4 is 6.09 Å². The standard InChI is InChI=1S/C9H17N3O5/c1-11-6-3-2-4-8(11)17-9(13)10-5-7-16-12(14)15/h8H,2-7H2,1H3,(H,10,13). The van der Waals surface area contributed by atoms with Crippen molar-refractivity contribution in [3.63, 3.8) is 0 Å². The fourth-order valence-electron chi connectivity index (χ4n) is 1.63. The molecular weight excluding hydrogens is 230 g/mol. The van der Waals surface area contributed by atoms with Crippen LogP contribution in [0.15, 0.2) is 0 Å². The molecule has 0 radical (unpaired) electrons. The summed E-state index contributed by atoms with van der Waals surface area (Å²) in [4.78, 5) is 27.2. The number of nitrogens with zero attached hydrogens (tertiary/aromatic N) is 2. The quantitative estimate of drug-likeness (QED) is 0.428. The molecule has 8 heteroatoms. The number of ether oxygens (including phenoxy) is 1. The number of hydrogen-bond donors (Lipinski definition) is 1. The van der Waals surface area contributed by atoms with Crippen LogP contribution < -0.4 is 5.32 Å². The van der Waals surface area contributed by atoms with Crippen molar-refractivity contribution in [3.8, 4) is 0 Å². The van der Waals surface area contributed by atoms with Gasteiger partial charge in [-0.15, -0.1) is 10.1 Å². The van der Waals surface area contributed by atoms with Gasteiger partial charge >= 0.3 is 6.09 Å². The van der Waals surface area contributed by atoms with Crippen LogP contribution in [0.2, 0.25) is 0 Å². The Hall–Kier alpha value is -1.57. The van der Waals surface area contributed by atoms with E-state index in [0.717, 1.165) is 25.8 Å². The first-order valence-electron chi connectivity index (χ1n) is 5.51. The van der Waals surface area contributed by atoms with Crippen molar-refractivity contribution in [2.75, 3.05) is 26.7 Å². The minimum absolute atomic E-state index is 0.0518. The third-order valence-corrected chi connectivity index (χ3v) is 2.51. The molecule has 1 aliphatic heterocycles. The second-order valence-electron chi connectivity index (χ2n) is 3.82. The van der Waals surface area contributed by atoms with Crippen LogP contribution in [0.5, 0.6) is 0 Å². The molecule has 0 aliphatic carbocycles. The van der Waals surface area contributed by atoms with Gasteiger partial charge in [0.05, 0.1) is 0 Å². The summed E-state index contributed by atoms with van der Waals surface area (Å²) in [5.41, 5.74) is 0. The van der Waals surface area contributed by atoms with E-state index < -0.39 is 11.2 Å². The minimum Gasteiger partial charge on any atom is -0.430 e. The van der Waals surface area contributed by atoms with E-state index in [1.165, 1.54) is 0 Å². The summed E-state index contributed by atoms with van der Waals surface area (Å²) in [6.07, 6.45) is 2.17. The van der Waals surface area contributed by atoms with Crippen molar-refractivity contribution in [2.45, 2.75) is 25.5 Å². The Labute approximate surface area is 99.0 Å². The van der Waals surface area contributed by atoms with E-state index >= 15 is 0 Å². The average molecular weight is 247 g/mol. The molecule has 1 heterocycles. The van der Waals surface area contributed by atoms with E-state index in [9.17, 15) is 14.9 Å². The topological polar surface area (TPSA) is 93.9 Å². The lowest BCUT2D eigenvalue weighted by molar-refractivity contribution is -0.757. The number of rotatable bonds is 5. The molecule has 1 amide bonds. The Kier molecular flexibility index (Phi) is 5.47. The highest BCUT2D eigenvalue weighted by molar-refractivity contribution is 5.67. The van der Waals surface area contributed by atoms with Crippen molar-refractivity contribution < 1.29 is 19.5 Å². The molecule has 17 heavy (non-hydrogen) atoms. The zero-order chi connectivity index (χ0) is 12.7. The maximum atomic E-state index is 11.3. The van der Waals surface area contributed by atoms with Crippen molar-refractivity contribution in [3.05, 3.63) is 10.1 Å². The molecule has 98 valence electrons. The van der Waals surface area contributed by atoms with E-state index in [0.29, 0.717) is 0 Å². The summed E-state index contributed by atoms with van der Waals surface area (Å²) in [7, 11) is 1.90. The highest BCUT2D eigenvalue weighted by Gasteiger charge is 2.22. The molecule has 1 saturated heterocycles. The largest absolute Gasteiger partial charge is 0.430 e. The first-order valence-corrected chi connectivity index (χ1v) is 5.51. The van der Waals surface area contributed by atoms with Gasteiger partial charge in [-0.25, -0.2) is 4.79 Å². The van der Waals surface area contributed by atoms with Crippen LogP contribution in [-0.4, -0.2) is 49.1 Å². The van der Waals surface area contributed by atoms with Gasteiger partial charge in [0.2, 0.25) is 0 Å². The van der Waals surface area contributed by atoms with Gasteiger partial charge in [-0.1, -0.05) is 0 Å². The normalized spacial score (nSPS) is 20.6. The lowest BCUT2D eigenvalue weighted by Crippen LogP contribution is -2.42. The predicted molar refractivity (Wildman–Crippen MR) is 57.7 cm³/mol. The van der Waals surface area contributed by atoms with Crippen LogP contribution in [0.4, 0.5) is 4.79 Å². The maximum absolute atomic E-state index is 11.3. The maximum Gasteiger partial charge on any atom is 0.408 e. The van der Waals surface area contributed by atoms with E-state index in [-0.39, 0.29) is 19.4 Å². The summed E-state index contributed by atoms with van der Waals surface area (Å²) in [5.74, 6) is 0. The molecule has 1 aliphatic rings. The van der Waals surface area contributed by atoms with Gasteiger partial charge in [0.25, 0.3) is 5.09 Å². The van der Waals surface area contributed by atoms with E-state index in [4.69, 9.17) is 4.74 Å². The first kappa shape index (κ1) is 13.5. The Morgan fingerprint density at radius 1 is 1.59 bits per heavy atom. The predicted octanol–water partition coefficient (Wildman–Crippen LogP) is 0.363. The van der Waals surface area contributed by atoms with Crippen molar-refractivity contribution in [1.29, 1.82) is 0 Å². The lowest BCUT2D eigenvalue weighted by atomic mass is 10.1. The van der Waals surface area contributed by atoms with Crippen molar-refractivity contribution in [2.24, 2.45) is 0 Å². The van der Waals surface area contributed by atoms with Crippen LogP contribution in [0.25, 0.3) is 0 Å². The Morgan fingerprint density at radius 3 is 3.00 bits per heavy atom. The number of carbonyl (C=O) groups excluding carboxylic acids is 1. The van der Waals surface area contributed by atoms with Crippen LogP contribution in [0, 0.1) is 10.1 Å². The Balaban J connectivity index is 2.13. The monoisotopic (exact) mass is 247 g/mol. The van der Waals surface area contributed by atoms with Gasteiger partial charge in [-0.05, 0) is 26.3 Å². The first-order chi connectivity index (χ1) is 8.09. The number of carbonyl (C=O) groups is 1. The third kappa shape index (κ3) is 5.34. The van der Waals surface area contributed by atoms with E-state index in [1.54, 1.807) is 0 Å². The number of nitrogens with one attached hydrogen (secondary N) is 1. The van der Waals surface area contributed by atoms with Gasteiger partial charge in [0, 0.05) is 13.1 Å². The second-order valence-corrected chi connectivity index (χ2v) is 3.82. The van der Waals surface area contributed by atoms with Crippen LogP contribution in [0.3, 0.4) is 0 Å². The summed E-state index contributed by atoms with van der Waals surface area (Å²) < 4.78 is 5.16. The summed E-state index contributed by atoms with van der Waals surface area (Å²) in [6.45, 7) is 0.779. The smallest absolute Gasteiger partial charge is 0.408 e. The molecule has 0 bridgehead atoms. The molecule has 8 nitrogen and oxygen atoms in total. The van der Waals surface area contributed by atoms with Crippen LogP contribution in [0.1, 0.15) is 19.3 Å². The fourth-order valence-corrected chi connectivity index (χ4v) is 1.63. The zero-order valence-electron chi connectivity index (χ0n) is 9.76. The van der Waals surface area contributed by atoms with Crippen LogP contribution in [-0.2, 0) is 9.57 Å². The molecule has 1 atom stereocenters. The second kappa shape index (κ2) is 6.89. The summed E-state index contributed by atoms with van der Waals surface area (Å²) >= 11 is 0. The zero-order valence-corrected chi connectivity index (χ0v) is 9.76. The number of amides is 1. The average Bonchev–Trinajstić information content (AvgIpc) is 2.27. The third-order valence-electron chi connectivity index (χ3n) is 2.51. The molecule has 0 aromatic heterocycles. The number of hydrogen-bond acceptors (Lipinski definition) is 6. The molecule has 0 spiro atoms. The molecular formula is C9H17N3O5. The van der Waals surface area contributed by atoms with E-state index in [1.807, 2.05) is 11.9 Å². The van der Waals surface area contributed by atoms with Gasteiger partial charge in [0.1, 0.15) is 6.61 Å². The minimum atomic E-state index is -0.901. The molecule has 1 rings (SSSR count). The molecule has 1 unspecified atom stereocenters. The number of alkyl carbamates (subject to hydrolysis) is 1. The van der Waals surface area contributed by atoms with Gasteiger partial charge < -0.3 is 14.9 Å². The van der Waals surface area contributed by atoms with E-state index in [2.05, 4.69) is 10.2 Å². The fraction of sp³-hybridized carbons (Fsp3) is 0.889. The van der Waals surface area contributed by atoms with Crippen LogP contribution >= 0.6 is 0 Å². The Bertz CT molecular complexity index is 273. The molecule has 0 aromatic carbocycles. The molecule has 0 aromatic rings.